The first kappa shape index (κ1) is 16.5. The first-order valence-corrected chi connectivity index (χ1v) is 8.02. The number of quaternary nitrogens is 1. The lowest BCUT2D eigenvalue weighted by Crippen LogP contribution is -3.15. The minimum atomic E-state index is -0.435. The number of nitro groups is 1. The van der Waals surface area contributed by atoms with E-state index in [2.05, 4.69) is 31.0 Å². The molecule has 1 fully saturated rings. The van der Waals surface area contributed by atoms with Crippen LogP contribution in [0.4, 0.5) is 5.69 Å². The lowest BCUT2D eigenvalue weighted by atomic mass is 10.2. The van der Waals surface area contributed by atoms with Crippen LogP contribution in [0.25, 0.3) is 11.5 Å². The Bertz CT molecular complexity index is 705. The average Bonchev–Trinajstić information content (AvgIpc) is 3.03. The molecule has 1 aliphatic rings. The van der Waals surface area contributed by atoms with Gasteiger partial charge < -0.3 is 14.1 Å². The van der Waals surface area contributed by atoms with E-state index >= 15 is 0 Å². The monoisotopic (exact) mass is 333 g/mol. The molecule has 3 rings (SSSR count). The molecule has 3 atom stereocenters. The van der Waals surface area contributed by atoms with E-state index in [1.54, 1.807) is 12.1 Å². The number of nitrogens with zero attached hydrogens (tertiary/aromatic N) is 3. The largest absolute Gasteiger partial charge is 0.415 e. The van der Waals surface area contributed by atoms with Crippen molar-refractivity contribution in [2.75, 3.05) is 13.1 Å². The fraction of sp³-hybridized carbons (Fsp3) is 0.500. The molecule has 128 valence electrons. The van der Waals surface area contributed by atoms with Crippen molar-refractivity contribution in [3.05, 3.63) is 40.3 Å². The number of nitro benzene ring substituents is 1. The molecule has 2 heterocycles. The summed E-state index contributed by atoms with van der Waals surface area (Å²) in [6, 6.07) is 6.16. The molecule has 1 aromatic carbocycles. The number of non-ortho nitro benzene ring substituents is 1. The summed E-state index contributed by atoms with van der Waals surface area (Å²) in [4.78, 5) is 11.6. The van der Waals surface area contributed by atoms with Crippen molar-refractivity contribution < 1.29 is 19.0 Å². The highest BCUT2D eigenvalue weighted by atomic mass is 16.6. The van der Waals surface area contributed by atoms with Crippen molar-refractivity contribution in [3.8, 4) is 11.5 Å². The molecule has 2 aromatic rings. The van der Waals surface area contributed by atoms with Crippen LogP contribution in [-0.4, -0.2) is 40.4 Å². The van der Waals surface area contributed by atoms with Crippen LogP contribution in [0.2, 0.25) is 0 Å². The second-order valence-corrected chi connectivity index (χ2v) is 6.29. The van der Waals surface area contributed by atoms with Crippen molar-refractivity contribution >= 4 is 5.69 Å². The van der Waals surface area contributed by atoms with E-state index in [-0.39, 0.29) is 23.9 Å². The lowest BCUT2D eigenvalue weighted by Gasteiger charge is -2.34. The van der Waals surface area contributed by atoms with Gasteiger partial charge in [-0.05, 0) is 32.9 Å². The summed E-state index contributed by atoms with van der Waals surface area (Å²) in [6.07, 6.45) is 0.395. The SMILES string of the molecule is C[C@@H]1C[NH+]([C@@H](C)c2nnc(-c3ccc([N+](=O)[O-])cc3)o2)C[C@@H](C)O1. The Morgan fingerprint density at radius 3 is 2.42 bits per heavy atom. The summed E-state index contributed by atoms with van der Waals surface area (Å²) in [5.74, 6) is 0.945. The molecule has 0 radical (unpaired) electrons. The van der Waals surface area contributed by atoms with Gasteiger partial charge in [-0.3, -0.25) is 10.1 Å². The van der Waals surface area contributed by atoms with Crippen LogP contribution in [0.15, 0.2) is 28.7 Å². The standard InChI is InChI=1S/C16H20N4O4/c1-10-8-19(9-11(2)23-10)12(3)15-17-18-16(24-15)13-4-6-14(7-5-13)20(21)22/h4-7,10-12H,8-9H2,1-3H3/p+1/t10-,11-,12+/m1/s1. The zero-order valence-electron chi connectivity index (χ0n) is 13.9. The molecule has 1 aromatic heterocycles. The van der Waals surface area contributed by atoms with Crippen LogP contribution in [0, 0.1) is 10.1 Å². The van der Waals surface area contributed by atoms with E-state index in [1.807, 2.05) is 0 Å². The smallest absolute Gasteiger partial charge is 0.274 e. The number of nitrogens with one attached hydrogen (secondary N) is 1. The van der Waals surface area contributed by atoms with Crippen molar-refractivity contribution in [2.45, 2.75) is 39.0 Å². The Morgan fingerprint density at radius 2 is 1.83 bits per heavy atom. The summed E-state index contributed by atoms with van der Waals surface area (Å²) in [7, 11) is 0. The molecule has 1 saturated heterocycles. The quantitative estimate of drug-likeness (QED) is 0.671. The van der Waals surface area contributed by atoms with Crippen LogP contribution < -0.4 is 4.90 Å². The number of hydrogen-bond acceptors (Lipinski definition) is 6. The van der Waals surface area contributed by atoms with Crippen molar-refractivity contribution in [2.24, 2.45) is 0 Å². The maximum atomic E-state index is 10.7. The highest BCUT2D eigenvalue weighted by Crippen LogP contribution is 2.22. The summed E-state index contributed by atoms with van der Waals surface area (Å²) in [5, 5.41) is 19.0. The molecule has 1 aliphatic heterocycles. The maximum absolute atomic E-state index is 10.7. The van der Waals surface area contributed by atoms with Crippen molar-refractivity contribution in [1.82, 2.24) is 10.2 Å². The molecular weight excluding hydrogens is 312 g/mol. The maximum Gasteiger partial charge on any atom is 0.274 e. The summed E-state index contributed by atoms with van der Waals surface area (Å²) >= 11 is 0. The molecule has 24 heavy (non-hydrogen) atoms. The van der Waals surface area contributed by atoms with Crippen LogP contribution in [0.3, 0.4) is 0 Å². The van der Waals surface area contributed by atoms with Gasteiger partial charge in [-0.15, -0.1) is 10.2 Å². The fourth-order valence-electron chi connectivity index (χ4n) is 3.09. The Morgan fingerprint density at radius 1 is 1.21 bits per heavy atom. The van der Waals surface area contributed by atoms with E-state index in [0.29, 0.717) is 17.3 Å². The van der Waals surface area contributed by atoms with Gasteiger partial charge in [-0.25, -0.2) is 0 Å². The third-order valence-corrected chi connectivity index (χ3v) is 4.31. The Kier molecular flexibility index (Phi) is 4.59. The minimum Gasteiger partial charge on any atom is -0.415 e. The first-order chi connectivity index (χ1) is 11.4. The second-order valence-electron chi connectivity index (χ2n) is 6.29. The predicted molar refractivity (Wildman–Crippen MR) is 85.5 cm³/mol. The van der Waals surface area contributed by atoms with E-state index in [4.69, 9.17) is 9.15 Å². The molecule has 8 heteroatoms. The van der Waals surface area contributed by atoms with Gasteiger partial charge in [0.1, 0.15) is 25.3 Å². The molecule has 0 amide bonds. The van der Waals surface area contributed by atoms with Gasteiger partial charge >= 0.3 is 0 Å². The average molecular weight is 333 g/mol. The summed E-state index contributed by atoms with van der Waals surface area (Å²) in [5.41, 5.74) is 0.706. The Balaban J connectivity index is 1.76. The molecule has 0 bridgehead atoms. The Labute approximate surface area is 139 Å². The van der Waals surface area contributed by atoms with E-state index < -0.39 is 4.92 Å². The van der Waals surface area contributed by atoms with Gasteiger partial charge in [0.2, 0.25) is 5.89 Å². The van der Waals surface area contributed by atoms with Gasteiger partial charge in [-0.1, -0.05) is 0 Å². The number of aromatic nitrogens is 2. The summed E-state index contributed by atoms with van der Waals surface area (Å²) < 4.78 is 11.6. The van der Waals surface area contributed by atoms with Gasteiger partial charge in [0.25, 0.3) is 11.6 Å². The molecule has 0 unspecified atom stereocenters. The normalized spacial score (nSPS) is 25.4. The molecule has 1 N–H and O–H groups in total. The van der Waals surface area contributed by atoms with E-state index in [0.717, 1.165) is 13.1 Å². The second kappa shape index (κ2) is 6.66. The highest BCUT2D eigenvalue weighted by molar-refractivity contribution is 5.55. The van der Waals surface area contributed by atoms with E-state index in [1.165, 1.54) is 17.0 Å². The fourth-order valence-corrected chi connectivity index (χ4v) is 3.09. The number of ether oxygens (including phenoxy) is 1. The minimum absolute atomic E-state index is 0.0348. The highest BCUT2D eigenvalue weighted by Gasteiger charge is 2.32. The third-order valence-electron chi connectivity index (χ3n) is 4.31. The van der Waals surface area contributed by atoms with Gasteiger partial charge in [0.05, 0.1) is 4.92 Å². The predicted octanol–water partition coefficient (Wildman–Crippen LogP) is 1.40. The number of hydrogen-bond donors (Lipinski definition) is 1. The molecule has 0 spiro atoms. The molecule has 0 aliphatic carbocycles. The van der Waals surface area contributed by atoms with Crippen LogP contribution in [0.1, 0.15) is 32.7 Å². The number of morpholine rings is 1. The molecular formula is C16H21N4O4+. The lowest BCUT2D eigenvalue weighted by molar-refractivity contribution is -0.944. The summed E-state index contributed by atoms with van der Waals surface area (Å²) in [6.45, 7) is 7.98. The van der Waals surface area contributed by atoms with Crippen molar-refractivity contribution in [1.29, 1.82) is 0 Å². The topological polar surface area (TPSA) is 95.7 Å². The zero-order chi connectivity index (χ0) is 17.3. The van der Waals surface area contributed by atoms with E-state index in [9.17, 15) is 10.1 Å². The zero-order valence-corrected chi connectivity index (χ0v) is 13.9. The molecule has 8 nitrogen and oxygen atoms in total. The molecule has 0 saturated carbocycles. The Hall–Kier alpha value is -2.32. The van der Waals surface area contributed by atoms with Crippen LogP contribution >= 0.6 is 0 Å². The first-order valence-electron chi connectivity index (χ1n) is 8.02. The van der Waals surface area contributed by atoms with Crippen LogP contribution in [-0.2, 0) is 4.74 Å². The van der Waals surface area contributed by atoms with Crippen molar-refractivity contribution in [3.63, 3.8) is 0 Å². The number of rotatable bonds is 4. The number of benzene rings is 1. The van der Waals surface area contributed by atoms with Gasteiger partial charge in [0, 0.05) is 17.7 Å². The third kappa shape index (κ3) is 3.44. The van der Waals surface area contributed by atoms with Gasteiger partial charge in [-0.2, -0.15) is 0 Å². The van der Waals surface area contributed by atoms with Crippen LogP contribution in [0.5, 0.6) is 0 Å². The van der Waals surface area contributed by atoms with Gasteiger partial charge in [0.15, 0.2) is 6.04 Å².